The highest BCUT2D eigenvalue weighted by atomic mass is 16.5. The fourth-order valence-electron chi connectivity index (χ4n) is 2.81. The van der Waals surface area contributed by atoms with Gasteiger partial charge < -0.3 is 10.1 Å². The number of rotatable bonds is 4. The van der Waals surface area contributed by atoms with Crippen LogP contribution in [0.5, 0.6) is 5.75 Å². The van der Waals surface area contributed by atoms with E-state index in [1.165, 1.54) is 11.1 Å². The normalized spacial score (nSPS) is 16.6. The molecule has 0 bridgehead atoms. The Kier molecular flexibility index (Phi) is 4.51. The zero-order valence-electron chi connectivity index (χ0n) is 12.8. The number of hydrogen-bond acceptors (Lipinski definition) is 2. The lowest BCUT2D eigenvalue weighted by molar-refractivity contribution is 0.246. The van der Waals surface area contributed by atoms with E-state index in [4.69, 9.17) is 4.74 Å². The minimum atomic E-state index is 0.186. The Morgan fingerprint density at radius 1 is 1.32 bits per heavy atom. The summed E-state index contributed by atoms with van der Waals surface area (Å²) in [7, 11) is 0. The van der Waals surface area contributed by atoms with Gasteiger partial charge in [-0.05, 0) is 36.8 Å². The second-order valence-corrected chi connectivity index (χ2v) is 6.54. The predicted molar refractivity (Wildman–Crippen MR) is 80.7 cm³/mol. The van der Waals surface area contributed by atoms with E-state index in [2.05, 4.69) is 51.2 Å². The van der Waals surface area contributed by atoms with Crippen molar-refractivity contribution in [3.8, 4) is 5.75 Å². The molecular weight excluding hydrogens is 234 g/mol. The fourth-order valence-corrected chi connectivity index (χ4v) is 2.81. The maximum absolute atomic E-state index is 5.97. The highest BCUT2D eigenvalue weighted by molar-refractivity contribution is 5.45. The van der Waals surface area contributed by atoms with Crippen molar-refractivity contribution in [2.45, 2.75) is 53.0 Å². The largest absolute Gasteiger partial charge is 0.493 e. The van der Waals surface area contributed by atoms with Crippen molar-refractivity contribution in [1.82, 2.24) is 5.32 Å². The van der Waals surface area contributed by atoms with Crippen molar-refractivity contribution in [3.63, 3.8) is 0 Å². The smallest absolute Gasteiger partial charge is 0.127 e. The molecule has 0 saturated heterocycles. The van der Waals surface area contributed by atoms with Gasteiger partial charge in [0.05, 0.1) is 6.61 Å². The zero-order chi connectivity index (χ0) is 13.9. The molecule has 0 saturated carbocycles. The number of hydrogen-bond donors (Lipinski definition) is 1. The molecule has 106 valence electrons. The Hall–Kier alpha value is -1.02. The van der Waals surface area contributed by atoms with Gasteiger partial charge in [-0.3, -0.25) is 0 Å². The Labute approximate surface area is 117 Å². The minimum absolute atomic E-state index is 0.186. The monoisotopic (exact) mass is 261 g/mol. The van der Waals surface area contributed by atoms with E-state index >= 15 is 0 Å². The third-order valence-electron chi connectivity index (χ3n) is 3.74. The highest BCUT2D eigenvalue weighted by Crippen LogP contribution is 2.40. The van der Waals surface area contributed by atoms with E-state index in [-0.39, 0.29) is 5.41 Å². The van der Waals surface area contributed by atoms with E-state index in [1.54, 1.807) is 0 Å². The molecule has 1 atom stereocenters. The second kappa shape index (κ2) is 5.96. The van der Waals surface area contributed by atoms with E-state index in [9.17, 15) is 0 Å². The van der Waals surface area contributed by atoms with Gasteiger partial charge in [-0.2, -0.15) is 0 Å². The molecule has 1 aliphatic heterocycles. The topological polar surface area (TPSA) is 21.3 Å². The van der Waals surface area contributed by atoms with Crippen LogP contribution in [0.15, 0.2) is 18.2 Å². The van der Waals surface area contributed by atoms with Gasteiger partial charge in [-0.1, -0.05) is 45.9 Å². The summed E-state index contributed by atoms with van der Waals surface area (Å²) >= 11 is 0. The van der Waals surface area contributed by atoms with Crippen molar-refractivity contribution >= 4 is 0 Å². The van der Waals surface area contributed by atoms with Crippen molar-refractivity contribution in [2.75, 3.05) is 13.2 Å². The molecule has 1 aliphatic rings. The molecular formula is C17H27NO. The molecule has 0 radical (unpaired) electrons. The van der Waals surface area contributed by atoms with Gasteiger partial charge in [-0.15, -0.1) is 0 Å². The minimum Gasteiger partial charge on any atom is -0.493 e. The van der Waals surface area contributed by atoms with Gasteiger partial charge in [0, 0.05) is 11.6 Å². The van der Waals surface area contributed by atoms with Crippen molar-refractivity contribution < 1.29 is 4.74 Å². The first-order chi connectivity index (χ1) is 9.04. The van der Waals surface area contributed by atoms with Gasteiger partial charge in [0.2, 0.25) is 0 Å². The summed E-state index contributed by atoms with van der Waals surface area (Å²) in [6.45, 7) is 11.0. The summed E-state index contributed by atoms with van der Waals surface area (Å²) < 4.78 is 5.97. The molecule has 1 aromatic carbocycles. The van der Waals surface area contributed by atoms with Crippen LogP contribution < -0.4 is 10.1 Å². The van der Waals surface area contributed by atoms with Gasteiger partial charge in [0.25, 0.3) is 0 Å². The molecule has 1 unspecified atom stereocenters. The lowest BCUT2D eigenvalue weighted by atomic mass is 9.81. The lowest BCUT2D eigenvalue weighted by Gasteiger charge is -2.34. The Balaban J connectivity index is 2.36. The SMILES string of the molecule is CCCNC(c1cccc2c1OCCC2)C(C)(C)C. The molecule has 1 heterocycles. The second-order valence-electron chi connectivity index (χ2n) is 6.54. The summed E-state index contributed by atoms with van der Waals surface area (Å²) in [5.41, 5.74) is 2.89. The first-order valence-electron chi connectivity index (χ1n) is 7.52. The molecule has 1 aromatic rings. The number of para-hydroxylation sites is 1. The molecule has 1 N–H and O–H groups in total. The van der Waals surface area contributed by atoms with Crippen molar-refractivity contribution in [3.05, 3.63) is 29.3 Å². The quantitative estimate of drug-likeness (QED) is 0.881. The van der Waals surface area contributed by atoms with Gasteiger partial charge in [0.1, 0.15) is 5.75 Å². The maximum Gasteiger partial charge on any atom is 0.127 e. The number of nitrogens with one attached hydrogen (secondary N) is 1. The van der Waals surface area contributed by atoms with Crippen LogP contribution in [0.25, 0.3) is 0 Å². The summed E-state index contributed by atoms with van der Waals surface area (Å²) in [4.78, 5) is 0. The van der Waals surface area contributed by atoms with Crippen LogP contribution in [-0.2, 0) is 6.42 Å². The molecule has 0 fully saturated rings. The van der Waals surface area contributed by atoms with Crippen molar-refractivity contribution in [1.29, 1.82) is 0 Å². The molecule has 2 rings (SSSR count). The number of aryl methyl sites for hydroxylation is 1. The van der Waals surface area contributed by atoms with Crippen molar-refractivity contribution in [2.24, 2.45) is 5.41 Å². The Morgan fingerprint density at radius 3 is 2.79 bits per heavy atom. The third-order valence-corrected chi connectivity index (χ3v) is 3.74. The van der Waals surface area contributed by atoms with Crippen LogP contribution in [0.1, 0.15) is 57.7 Å². The molecule has 0 aliphatic carbocycles. The van der Waals surface area contributed by atoms with Gasteiger partial charge in [-0.25, -0.2) is 0 Å². The van der Waals surface area contributed by atoms with E-state index in [0.29, 0.717) is 6.04 Å². The van der Waals surface area contributed by atoms with Crippen LogP contribution in [-0.4, -0.2) is 13.2 Å². The molecule has 19 heavy (non-hydrogen) atoms. The fraction of sp³-hybridized carbons (Fsp3) is 0.647. The summed E-state index contributed by atoms with van der Waals surface area (Å²) in [6.07, 6.45) is 3.44. The van der Waals surface area contributed by atoms with E-state index < -0.39 is 0 Å². The molecule has 0 spiro atoms. The first kappa shape index (κ1) is 14.4. The van der Waals surface area contributed by atoms with E-state index in [0.717, 1.165) is 38.2 Å². The zero-order valence-corrected chi connectivity index (χ0v) is 12.8. The third kappa shape index (κ3) is 3.30. The molecule has 0 aromatic heterocycles. The van der Waals surface area contributed by atoms with Crippen LogP contribution in [0, 0.1) is 5.41 Å². The number of benzene rings is 1. The molecule has 2 heteroatoms. The van der Waals surface area contributed by atoms with Crippen LogP contribution in [0.3, 0.4) is 0 Å². The summed E-state index contributed by atoms with van der Waals surface area (Å²) in [6, 6.07) is 6.95. The van der Waals surface area contributed by atoms with Crippen LogP contribution in [0.4, 0.5) is 0 Å². The van der Waals surface area contributed by atoms with E-state index in [1.807, 2.05) is 0 Å². The molecule has 0 amide bonds. The van der Waals surface area contributed by atoms with Crippen LogP contribution >= 0.6 is 0 Å². The number of fused-ring (bicyclic) bond motifs is 1. The van der Waals surface area contributed by atoms with Gasteiger partial charge in [0.15, 0.2) is 0 Å². The molecule has 2 nitrogen and oxygen atoms in total. The highest BCUT2D eigenvalue weighted by Gasteiger charge is 2.29. The standard InChI is InChI=1S/C17H27NO/c1-5-11-18-16(17(2,3)4)14-10-6-8-13-9-7-12-19-15(13)14/h6,8,10,16,18H,5,7,9,11-12H2,1-4H3. The first-order valence-corrected chi connectivity index (χ1v) is 7.52. The lowest BCUT2D eigenvalue weighted by Crippen LogP contribution is -2.33. The van der Waals surface area contributed by atoms with Gasteiger partial charge >= 0.3 is 0 Å². The summed E-state index contributed by atoms with van der Waals surface area (Å²) in [5, 5.41) is 3.70. The Bertz CT molecular complexity index is 420. The predicted octanol–water partition coefficient (Wildman–Crippen LogP) is 4.10. The Morgan fingerprint density at radius 2 is 2.11 bits per heavy atom. The maximum atomic E-state index is 5.97. The summed E-state index contributed by atoms with van der Waals surface area (Å²) in [5.74, 6) is 1.14. The average molecular weight is 261 g/mol. The number of ether oxygens (including phenoxy) is 1. The van der Waals surface area contributed by atoms with Crippen LogP contribution in [0.2, 0.25) is 0 Å². The average Bonchev–Trinajstić information content (AvgIpc) is 2.38.